The molecule has 0 heterocycles. The maximum atomic E-state index is 12.4. The molecular weight excluding hydrogens is 382 g/mol. The minimum atomic E-state index is -0.958. The van der Waals surface area contributed by atoms with E-state index in [-0.39, 0.29) is 24.7 Å². The van der Waals surface area contributed by atoms with Crippen molar-refractivity contribution >= 4 is 28.4 Å². The number of ketones is 1. The van der Waals surface area contributed by atoms with Crippen molar-refractivity contribution in [1.82, 2.24) is 5.32 Å². The minimum absolute atomic E-state index is 0.148. The fraction of sp³-hybridized carbons (Fsp3) is 0.208. The number of Topliss-reactive ketones (excluding diaryl/α,β-unsaturated/α-hetero) is 1. The van der Waals surface area contributed by atoms with Crippen LogP contribution in [0.5, 0.6) is 5.75 Å². The summed E-state index contributed by atoms with van der Waals surface area (Å²) in [6.07, 6.45) is -0.810. The molecule has 1 amide bonds. The quantitative estimate of drug-likeness (QED) is 0.459. The molecule has 0 bridgehead atoms. The van der Waals surface area contributed by atoms with E-state index in [1.165, 1.54) is 14.0 Å². The van der Waals surface area contributed by atoms with Gasteiger partial charge in [-0.25, -0.2) is 0 Å². The lowest BCUT2D eigenvalue weighted by molar-refractivity contribution is -0.146. The Hall–Kier alpha value is -3.67. The number of carbonyl (C=O) groups is 3. The average molecular weight is 405 g/mol. The van der Waals surface area contributed by atoms with E-state index >= 15 is 0 Å². The predicted octanol–water partition coefficient (Wildman–Crippen LogP) is 3.32. The topological polar surface area (TPSA) is 81.7 Å². The van der Waals surface area contributed by atoms with E-state index in [1.54, 1.807) is 24.3 Å². The zero-order valence-electron chi connectivity index (χ0n) is 16.9. The number of amides is 1. The largest absolute Gasteiger partial charge is 0.497 e. The third kappa shape index (κ3) is 5.23. The molecule has 0 aliphatic rings. The van der Waals surface area contributed by atoms with Gasteiger partial charge in [0.1, 0.15) is 12.3 Å². The summed E-state index contributed by atoms with van der Waals surface area (Å²) in [5, 5.41) is 4.60. The number of hydrogen-bond acceptors (Lipinski definition) is 5. The third-order valence-corrected chi connectivity index (χ3v) is 4.71. The van der Waals surface area contributed by atoms with E-state index in [0.29, 0.717) is 11.3 Å². The fourth-order valence-corrected chi connectivity index (χ4v) is 3.14. The highest BCUT2D eigenvalue weighted by molar-refractivity contribution is 6.00. The van der Waals surface area contributed by atoms with Crippen LogP contribution < -0.4 is 10.1 Å². The normalized spacial score (nSPS) is 11.5. The molecular formula is C24H23NO5. The third-order valence-electron chi connectivity index (χ3n) is 4.71. The molecule has 0 aliphatic heterocycles. The van der Waals surface area contributed by atoms with Gasteiger partial charge in [0.05, 0.1) is 13.5 Å². The number of rotatable bonds is 8. The summed E-state index contributed by atoms with van der Waals surface area (Å²) < 4.78 is 10.2. The summed E-state index contributed by atoms with van der Waals surface area (Å²) in [6, 6.07) is 20.1. The van der Waals surface area contributed by atoms with Gasteiger partial charge in [-0.05, 0) is 47.5 Å². The second kappa shape index (κ2) is 9.69. The molecule has 0 saturated heterocycles. The molecule has 6 nitrogen and oxygen atoms in total. The van der Waals surface area contributed by atoms with Crippen LogP contribution in [-0.2, 0) is 20.7 Å². The second-order valence-electron chi connectivity index (χ2n) is 6.82. The van der Waals surface area contributed by atoms with Crippen LogP contribution in [0.1, 0.15) is 22.8 Å². The van der Waals surface area contributed by atoms with E-state index in [2.05, 4.69) is 5.32 Å². The number of fused-ring (bicyclic) bond motifs is 1. The Kier molecular flexibility index (Phi) is 6.80. The Morgan fingerprint density at radius 1 is 0.933 bits per heavy atom. The number of esters is 1. The van der Waals surface area contributed by atoms with Crippen molar-refractivity contribution in [3.8, 4) is 5.75 Å². The van der Waals surface area contributed by atoms with Crippen molar-refractivity contribution in [1.29, 1.82) is 0 Å². The van der Waals surface area contributed by atoms with Crippen LogP contribution in [0.3, 0.4) is 0 Å². The Balaban J connectivity index is 1.50. The Morgan fingerprint density at radius 3 is 2.37 bits per heavy atom. The molecule has 3 aromatic rings. The van der Waals surface area contributed by atoms with Crippen LogP contribution in [0.15, 0.2) is 66.7 Å². The van der Waals surface area contributed by atoms with E-state index in [1.807, 2.05) is 42.5 Å². The van der Waals surface area contributed by atoms with Gasteiger partial charge in [-0.15, -0.1) is 0 Å². The van der Waals surface area contributed by atoms with Crippen LogP contribution in [0.25, 0.3) is 10.8 Å². The van der Waals surface area contributed by atoms with E-state index < -0.39 is 12.1 Å². The first-order valence-corrected chi connectivity index (χ1v) is 9.59. The number of benzene rings is 3. The Bertz CT molecular complexity index is 1050. The zero-order valence-corrected chi connectivity index (χ0v) is 16.9. The molecule has 0 fully saturated rings. The lowest BCUT2D eigenvalue weighted by Crippen LogP contribution is -2.34. The number of nitrogens with one attached hydrogen (secondary N) is 1. The summed E-state index contributed by atoms with van der Waals surface area (Å²) in [5.74, 6) is -0.661. The highest BCUT2D eigenvalue weighted by Gasteiger charge is 2.20. The van der Waals surface area contributed by atoms with Crippen LogP contribution in [0.4, 0.5) is 0 Å². The van der Waals surface area contributed by atoms with Crippen LogP contribution in [0.2, 0.25) is 0 Å². The summed E-state index contributed by atoms with van der Waals surface area (Å²) >= 11 is 0. The molecule has 3 aromatic carbocycles. The van der Waals surface area contributed by atoms with Gasteiger partial charge < -0.3 is 14.8 Å². The van der Waals surface area contributed by atoms with Crippen LogP contribution in [-0.4, -0.2) is 37.4 Å². The van der Waals surface area contributed by atoms with Crippen molar-refractivity contribution in [2.75, 3.05) is 13.7 Å². The predicted molar refractivity (Wildman–Crippen MR) is 114 cm³/mol. The lowest BCUT2D eigenvalue weighted by atomic mass is 10.0. The molecule has 0 unspecified atom stereocenters. The molecule has 0 aliphatic carbocycles. The minimum Gasteiger partial charge on any atom is -0.497 e. The SMILES string of the molecule is COc1ccc(C(=O)[C@H](C)OC(=O)CNC(=O)Cc2cccc3ccccc23)cc1. The maximum Gasteiger partial charge on any atom is 0.326 e. The van der Waals surface area contributed by atoms with Gasteiger partial charge in [0, 0.05) is 5.56 Å². The van der Waals surface area contributed by atoms with Crippen molar-refractivity contribution in [3.05, 3.63) is 77.9 Å². The first-order valence-electron chi connectivity index (χ1n) is 9.59. The van der Waals surface area contributed by atoms with Gasteiger partial charge in [0.25, 0.3) is 0 Å². The van der Waals surface area contributed by atoms with Crippen LogP contribution >= 0.6 is 0 Å². The van der Waals surface area contributed by atoms with Gasteiger partial charge in [-0.3, -0.25) is 14.4 Å². The highest BCUT2D eigenvalue weighted by Crippen LogP contribution is 2.19. The smallest absolute Gasteiger partial charge is 0.326 e. The van der Waals surface area contributed by atoms with Gasteiger partial charge in [0.15, 0.2) is 6.10 Å². The van der Waals surface area contributed by atoms with E-state index in [9.17, 15) is 14.4 Å². The highest BCUT2D eigenvalue weighted by atomic mass is 16.5. The molecule has 6 heteroatoms. The van der Waals surface area contributed by atoms with Gasteiger partial charge in [-0.1, -0.05) is 42.5 Å². The average Bonchev–Trinajstić information content (AvgIpc) is 2.77. The second-order valence-corrected chi connectivity index (χ2v) is 6.82. The summed E-state index contributed by atoms with van der Waals surface area (Å²) in [4.78, 5) is 36.7. The number of ether oxygens (including phenoxy) is 2. The molecule has 0 saturated carbocycles. The lowest BCUT2D eigenvalue weighted by Gasteiger charge is -2.13. The maximum absolute atomic E-state index is 12.4. The first kappa shape index (κ1) is 21.0. The fourth-order valence-electron chi connectivity index (χ4n) is 3.14. The Morgan fingerprint density at radius 2 is 1.63 bits per heavy atom. The molecule has 0 aromatic heterocycles. The van der Waals surface area contributed by atoms with Gasteiger partial charge in [-0.2, -0.15) is 0 Å². The molecule has 3 rings (SSSR count). The van der Waals surface area contributed by atoms with E-state index in [4.69, 9.17) is 9.47 Å². The van der Waals surface area contributed by atoms with Crippen molar-refractivity contribution in [2.45, 2.75) is 19.4 Å². The molecule has 1 N–H and O–H groups in total. The number of carbonyl (C=O) groups excluding carboxylic acids is 3. The zero-order chi connectivity index (χ0) is 21.5. The first-order chi connectivity index (χ1) is 14.5. The molecule has 30 heavy (non-hydrogen) atoms. The molecule has 0 radical (unpaired) electrons. The molecule has 1 atom stereocenters. The molecule has 154 valence electrons. The number of hydrogen-bond donors (Lipinski definition) is 1. The summed E-state index contributed by atoms with van der Waals surface area (Å²) in [6.45, 7) is 1.20. The van der Waals surface area contributed by atoms with Crippen molar-refractivity contribution in [3.63, 3.8) is 0 Å². The standard InChI is InChI=1S/C24H23NO5/c1-16(24(28)18-10-12-20(29-2)13-11-18)30-23(27)15-25-22(26)14-19-8-5-7-17-6-3-4-9-21(17)19/h3-13,16H,14-15H2,1-2H3,(H,25,26)/t16-/m0/s1. The number of methoxy groups -OCH3 is 1. The summed E-state index contributed by atoms with van der Waals surface area (Å²) in [7, 11) is 1.54. The summed E-state index contributed by atoms with van der Waals surface area (Å²) in [5.41, 5.74) is 1.29. The van der Waals surface area contributed by atoms with Crippen molar-refractivity contribution < 1.29 is 23.9 Å². The van der Waals surface area contributed by atoms with Crippen molar-refractivity contribution in [2.24, 2.45) is 0 Å². The van der Waals surface area contributed by atoms with Gasteiger partial charge in [0.2, 0.25) is 11.7 Å². The monoisotopic (exact) mass is 405 g/mol. The van der Waals surface area contributed by atoms with E-state index in [0.717, 1.165) is 16.3 Å². The Labute approximate surface area is 174 Å². The molecule has 0 spiro atoms. The van der Waals surface area contributed by atoms with Gasteiger partial charge >= 0.3 is 5.97 Å². The van der Waals surface area contributed by atoms with Crippen LogP contribution in [0, 0.1) is 0 Å².